The van der Waals surface area contributed by atoms with Crippen molar-refractivity contribution in [3.8, 4) is 0 Å². The van der Waals surface area contributed by atoms with Crippen molar-refractivity contribution in [2.75, 3.05) is 11.9 Å². The average molecular weight is 313 g/mol. The SMILES string of the molecule is BrCCCCCNCc1nc2ccccc2s1. The second-order valence-corrected chi connectivity index (χ2v) is 5.91. The van der Waals surface area contributed by atoms with E-state index in [0.29, 0.717) is 0 Å². The summed E-state index contributed by atoms with van der Waals surface area (Å²) in [6.07, 6.45) is 3.80. The molecule has 0 radical (unpaired) electrons. The Morgan fingerprint density at radius 2 is 2.06 bits per heavy atom. The largest absolute Gasteiger partial charge is 0.310 e. The van der Waals surface area contributed by atoms with Crippen molar-refractivity contribution >= 4 is 37.5 Å². The Morgan fingerprint density at radius 3 is 2.88 bits per heavy atom. The maximum atomic E-state index is 4.60. The van der Waals surface area contributed by atoms with Crippen LogP contribution in [0, 0.1) is 0 Å². The lowest BCUT2D eigenvalue weighted by Gasteiger charge is -2.01. The third-order valence-corrected chi connectivity index (χ3v) is 4.20. The number of rotatable bonds is 7. The molecule has 0 unspecified atom stereocenters. The molecule has 0 aliphatic carbocycles. The number of fused-ring (bicyclic) bond motifs is 1. The van der Waals surface area contributed by atoms with E-state index in [2.05, 4.69) is 44.4 Å². The molecule has 0 fully saturated rings. The van der Waals surface area contributed by atoms with Crippen LogP contribution in [-0.4, -0.2) is 16.9 Å². The van der Waals surface area contributed by atoms with Crippen molar-refractivity contribution in [2.45, 2.75) is 25.8 Å². The van der Waals surface area contributed by atoms with Crippen LogP contribution in [-0.2, 0) is 6.54 Å². The molecule has 0 amide bonds. The quantitative estimate of drug-likeness (QED) is 0.618. The molecule has 2 aromatic rings. The molecule has 0 aliphatic heterocycles. The molecule has 1 N–H and O–H groups in total. The molecule has 2 nitrogen and oxygen atoms in total. The molecule has 0 bridgehead atoms. The normalized spacial score (nSPS) is 11.1. The van der Waals surface area contributed by atoms with Gasteiger partial charge in [-0.3, -0.25) is 0 Å². The van der Waals surface area contributed by atoms with E-state index in [4.69, 9.17) is 0 Å². The Kier molecular flexibility index (Phi) is 5.42. The number of hydrogen-bond acceptors (Lipinski definition) is 3. The molecule has 0 aliphatic rings. The van der Waals surface area contributed by atoms with Gasteiger partial charge < -0.3 is 5.32 Å². The van der Waals surface area contributed by atoms with Crippen LogP contribution in [0.15, 0.2) is 24.3 Å². The monoisotopic (exact) mass is 312 g/mol. The lowest BCUT2D eigenvalue weighted by atomic mass is 10.2. The van der Waals surface area contributed by atoms with Crippen molar-refractivity contribution in [2.24, 2.45) is 0 Å². The summed E-state index contributed by atoms with van der Waals surface area (Å²) in [6, 6.07) is 8.31. The predicted molar refractivity (Wildman–Crippen MR) is 79.0 cm³/mol. The number of unbranched alkanes of at least 4 members (excludes halogenated alkanes) is 2. The van der Waals surface area contributed by atoms with Crippen molar-refractivity contribution < 1.29 is 0 Å². The summed E-state index contributed by atoms with van der Waals surface area (Å²) in [6.45, 7) is 1.98. The first-order valence-corrected chi connectivity index (χ1v) is 7.95. The van der Waals surface area contributed by atoms with Crippen molar-refractivity contribution in [1.82, 2.24) is 10.3 Å². The molecule has 1 aromatic heterocycles. The van der Waals surface area contributed by atoms with E-state index in [-0.39, 0.29) is 0 Å². The number of thiazole rings is 1. The minimum Gasteiger partial charge on any atom is -0.310 e. The molecule has 1 heterocycles. The minimum atomic E-state index is 0.896. The predicted octanol–water partition coefficient (Wildman–Crippen LogP) is 3.95. The van der Waals surface area contributed by atoms with Gasteiger partial charge in [0, 0.05) is 11.9 Å². The van der Waals surface area contributed by atoms with Gasteiger partial charge in [-0.25, -0.2) is 4.98 Å². The maximum Gasteiger partial charge on any atom is 0.108 e. The van der Waals surface area contributed by atoms with E-state index in [0.717, 1.165) is 23.9 Å². The Bertz CT molecular complexity index is 422. The van der Waals surface area contributed by atoms with Crippen LogP contribution >= 0.6 is 27.3 Å². The number of hydrogen-bond donors (Lipinski definition) is 1. The first-order valence-electron chi connectivity index (χ1n) is 6.01. The van der Waals surface area contributed by atoms with Crippen LogP contribution in [0.3, 0.4) is 0 Å². The van der Waals surface area contributed by atoms with E-state index >= 15 is 0 Å². The number of para-hydroxylation sites is 1. The van der Waals surface area contributed by atoms with E-state index in [1.54, 1.807) is 11.3 Å². The minimum absolute atomic E-state index is 0.896. The summed E-state index contributed by atoms with van der Waals surface area (Å²) >= 11 is 5.23. The van der Waals surface area contributed by atoms with Crippen LogP contribution in [0.1, 0.15) is 24.3 Å². The van der Waals surface area contributed by atoms with Gasteiger partial charge in [0.15, 0.2) is 0 Å². The summed E-state index contributed by atoms with van der Waals surface area (Å²) in [7, 11) is 0. The van der Waals surface area contributed by atoms with E-state index in [9.17, 15) is 0 Å². The molecule has 92 valence electrons. The Morgan fingerprint density at radius 1 is 1.18 bits per heavy atom. The first kappa shape index (κ1) is 13.0. The summed E-state index contributed by atoms with van der Waals surface area (Å²) in [4.78, 5) is 4.60. The van der Waals surface area contributed by atoms with Crippen LogP contribution in [0.25, 0.3) is 10.2 Å². The second kappa shape index (κ2) is 7.09. The number of halogens is 1. The van der Waals surface area contributed by atoms with Crippen LogP contribution in [0.5, 0.6) is 0 Å². The zero-order valence-corrected chi connectivity index (χ0v) is 12.2. The fraction of sp³-hybridized carbons (Fsp3) is 0.462. The van der Waals surface area contributed by atoms with E-state index in [1.807, 2.05) is 6.07 Å². The Balaban J connectivity index is 1.75. The van der Waals surface area contributed by atoms with Gasteiger partial charge in [0.2, 0.25) is 0 Å². The summed E-state index contributed by atoms with van der Waals surface area (Å²) < 4.78 is 1.28. The van der Waals surface area contributed by atoms with Crippen molar-refractivity contribution in [3.63, 3.8) is 0 Å². The molecular weight excluding hydrogens is 296 g/mol. The maximum absolute atomic E-state index is 4.60. The van der Waals surface area contributed by atoms with Gasteiger partial charge in [-0.05, 0) is 31.5 Å². The van der Waals surface area contributed by atoms with Crippen molar-refractivity contribution in [3.05, 3.63) is 29.3 Å². The van der Waals surface area contributed by atoms with Gasteiger partial charge in [0.25, 0.3) is 0 Å². The summed E-state index contributed by atoms with van der Waals surface area (Å²) in [5, 5.41) is 5.76. The van der Waals surface area contributed by atoms with Crippen LogP contribution in [0.4, 0.5) is 0 Å². The highest BCUT2D eigenvalue weighted by Crippen LogP contribution is 2.21. The summed E-state index contributed by atoms with van der Waals surface area (Å²) in [5.41, 5.74) is 1.12. The average Bonchev–Trinajstić information content (AvgIpc) is 2.76. The van der Waals surface area contributed by atoms with Crippen LogP contribution < -0.4 is 5.32 Å². The third-order valence-electron chi connectivity index (χ3n) is 2.60. The highest BCUT2D eigenvalue weighted by atomic mass is 79.9. The smallest absolute Gasteiger partial charge is 0.108 e. The number of nitrogens with one attached hydrogen (secondary N) is 1. The molecule has 0 saturated heterocycles. The van der Waals surface area contributed by atoms with Gasteiger partial charge in [-0.15, -0.1) is 11.3 Å². The number of alkyl halides is 1. The van der Waals surface area contributed by atoms with E-state index < -0.39 is 0 Å². The molecule has 4 heteroatoms. The highest BCUT2D eigenvalue weighted by molar-refractivity contribution is 9.09. The molecule has 0 atom stereocenters. The Hall–Kier alpha value is -0.450. The molecule has 17 heavy (non-hydrogen) atoms. The second-order valence-electron chi connectivity index (χ2n) is 4.00. The van der Waals surface area contributed by atoms with E-state index in [1.165, 1.54) is 29.0 Å². The third kappa shape index (κ3) is 4.05. The van der Waals surface area contributed by atoms with Crippen molar-refractivity contribution in [1.29, 1.82) is 0 Å². The topological polar surface area (TPSA) is 24.9 Å². The van der Waals surface area contributed by atoms with Crippen LogP contribution in [0.2, 0.25) is 0 Å². The lowest BCUT2D eigenvalue weighted by Crippen LogP contribution is -2.14. The lowest BCUT2D eigenvalue weighted by molar-refractivity contribution is 0.618. The number of nitrogens with zero attached hydrogens (tertiary/aromatic N) is 1. The van der Waals surface area contributed by atoms with Gasteiger partial charge in [0.1, 0.15) is 5.01 Å². The highest BCUT2D eigenvalue weighted by Gasteiger charge is 2.01. The van der Waals surface area contributed by atoms with Gasteiger partial charge in [0.05, 0.1) is 10.2 Å². The van der Waals surface area contributed by atoms with Gasteiger partial charge in [-0.2, -0.15) is 0 Å². The molecule has 1 aromatic carbocycles. The van der Waals surface area contributed by atoms with Gasteiger partial charge in [-0.1, -0.05) is 34.5 Å². The number of benzene rings is 1. The molecule has 2 rings (SSSR count). The molecular formula is C13H17BrN2S. The fourth-order valence-corrected chi connectivity index (χ4v) is 3.05. The standard InChI is InChI=1S/C13H17BrN2S/c14-8-4-1-5-9-15-10-13-16-11-6-2-3-7-12(11)17-13/h2-3,6-7,15H,1,4-5,8-10H2. The summed E-state index contributed by atoms with van der Waals surface area (Å²) in [5.74, 6) is 0. The Labute approximate surface area is 115 Å². The van der Waals surface area contributed by atoms with Gasteiger partial charge >= 0.3 is 0 Å². The molecule has 0 spiro atoms. The zero-order chi connectivity index (χ0) is 11.9. The molecule has 0 saturated carbocycles. The zero-order valence-electron chi connectivity index (χ0n) is 9.79. The fourth-order valence-electron chi connectivity index (χ4n) is 1.71. The first-order chi connectivity index (χ1) is 8.40. The number of aromatic nitrogens is 1.